The van der Waals surface area contributed by atoms with Gasteiger partial charge in [0.15, 0.2) is 0 Å². The Labute approximate surface area is 172 Å². The first-order chi connectivity index (χ1) is 14.0. The SMILES string of the molecule is Cn1nccc1C1=CCN(C(=O)CNC(=O)CC23CC4CC(CC(C4)C2)C3)CC1. The van der Waals surface area contributed by atoms with Crippen molar-refractivity contribution >= 4 is 17.4 Å². The van der Waals surface area contributed by atoms with E-state index in [1.54, 1.807) is 6.20 Å². The van der Waals surface area contributed by atoms with Gasteiger partial charge in [-0.3, -0.25) is 14.3 Å². The molecule has 2 heterocycles. The van der Waals surface area contributed by atoms with Crippen LogP contribution in [0.4, 0.5) is 0 Å². The van der Waals surface area contributed by atoms with Crippen LogP contribution in [0.15, 0.2) is 18.3 Å². The van der Waals surface area contributed by atoms with E-state index in [1.807, 2.05) is 22.7 Å². The van der Waals surface area contributed by atoms with Crippen molar-refractivity contribution in [2.75, 3.05) is 19.6 Å². The number of aromatic nitrogens is 2. The van der Waals surface area contributed by atoms with Gasteiger partial charge in [-0.25, -0.2) is 0 Å². The lowest BCUT2D eigenvalue weighted by atomic mass is 9.49. The standard InChI is InChI=1S/C23H32N4O2/c1-26-20(2-5-25-26)19-3-6-27(7-4-19)22(29)15-24-21(28)14-23-11-16-8-17(12-23)10-18(9-16)13-23/h2-3,5,16-18H,4,6-15H2,1H3,(H,24,28). The molecule has 0 atom stereocenters. The number of carbonyl (C=O) groups is 2. The van der Waals surface area contributed by atoms with Gasteiger partial charge in [0.2, 0.25) is 11.8 Å². The maximum atomic E-state index is 12.7. The smallest absolute Gasteiger partial charge is 0.242 e. The summed E-state index contributed by atoms with van der Waals surface area (Å²) in [5.41, 5.74) is 2.58. The van der Waals surface area contributed by atoms with Gasteiger partial charge in [0.1, 0.15) is 0 Å². The number of hydrogen-bond donors (Lipinski definition) is 1. The van der Waals surface area contributed by atoms with E-state index in [9.17, 15) is 9.59 Å². The third-order valence-electron chi connectivity index (χ3n) is 7.85. The normalized spacial score (nSPS) is 32.9. The lowest BCUT2D eigenvalue weighted by molar-refractivity contribution is -0.135. The van der Waals surface area contributed by atoms with Crippen molar-refractivity contribution in [3.63, 3.8) is 0 Å². The Balaban J connectivity index is 1.11. The summed E-state index contributed by atoms with van der Waals surface area (Å²) in [4.78, 5) is 27.1. The second kappa shape index (κ2) is 7.29. The molecule has 0 radical (unpaired) electrons. The van der Waals surface area contributed by atoms with Gasteiger partial charge in [0.05, 0.1) is 12.2 Å². The fourth-order valence-corrected chi connectivity index (χ4v) is 7.01. The van der Waals surface area contributed by atoms with Crippen molar-refractivity contribution in [1.82, 2.24) is 20.0 Å². The van der Waals surface area contributed by atoms with Crippen molar-refractivity contribution in [3.8, 4) is 0 Å². The van der Waals surface area contributed by atoms with Crippen LogP contribution in [-0.4, -0.2) is 46.1 Å². The van der Waals surface area contributed by atoms with Crippen molar-refractivity contribution in [2.24, 2.45) is 30.2 Å². The molecule has 0 saturated heterocycles. The summed E-state index contributed by atoms with van der Waals surface area (Å²) >= 11 is 0. The van der Waals surface area contributed by atoms with Crippen LogP contribution < -0.4 is 5.32 Å². The minimum atomic E-state index is 0.0177. The van der Waals surface area contributed by atoms with Crippen molar-refractivity contribution in [1.29, 1.82) is 0 Å². The molecule has 1 aromatic heterocycles. The molecular weight excluding hydrogens is 364 g/mol. The van der Waals surface area contributed by atoms with Gasteiger partial charge in [-0.05, 0) is 79.8 Å². The second-order valence-corrected chi connectivity index (χ2v) is 10.0. The summed E-state index contributed by atoms with van der Waals surface area (Å²) in [6, 6.07) is 2.01. The predicted octanol–water partition coefficient (Wildman–Crippen LogP) is 2.76. The molecule has 0 aromatic carbocycles. The summed E-state index contributed by atoms with van der Waals surface area (Å²) in [5.74, 6) is 2.64. The number of aryl methyl sites for hydroxylation is 1. The van der Waals surface area contributed by atoms with E-state index in [2.05, 4.69) is 16.5 Å². The van der Waals surface area contributed by atoms with Crippen molar-refractivity contribution in [3.05, 3.63) is 24.0 Å². The molecular formula is C23H32N4O2. The predicted molar refractivity (Wildman–Crippen MR) is 111 cm³/mol. The average Bonchev–Trinajstić information content (AvgIpc) is 3.11. The van der Waals surface area contributed by atoms with Crippen LogP contribution in [-0.2, 0) is 16.6 Å². The van der Waals surface area contributed by atoms with Crippen LogP contribution in [0.2, 0.25) is 0 Å². The first kappa shape index (κ1) is 18.9. The van der Waals surface area contributed by atoms with Gasteiger partial charge in [-0.1, -0.05) is 6.08 Å². The van der Waals surface area contributed by atoms with Gasteiger partial charge in [-0.2, -0.15) is 5.10 Å². The third-order valence-corrected chi connectivity index (χ3v) is 7.85. The van der Waals surface area contributed by atoms with E-state index in [0.717, 1.165) is 29.9 Å². The monoisotopic (exact) mass is 396 g/mol. The number of amides is 2. The van der Waals surface area contributed by atoms with E-state index in [1.165, 1.54) is 44.1 Å². The highest BCUT2D eigenvalue weighted by atomic mass is 16.2. The molecule has 5 aliphatic rings. The van der Waals surface area contributed by atoms with Gasteiger partial charge >= 0.3 is 0 Å². The van der Waals surface area contributed by atoms with Gasteiger partial charge in [-0.15, -0.1) is 0 Å². The summed E-state index contributed by atoms with van der Waals surface area (Å²) in [6.45, 7) is 1.42. The second-order valence-electron chi connectivity index (χ2n) is 10.0. The Kier molecular flexibility index (Phi) is 4.75. The average molecular weight is 397 g/mol. The molecule has 156 valence electrons. The largest absolute Gasteiger partial charge is 0.347 e. The topological polar surface area (TPSA) is 67.2 Å². The molecule has 4 aliphatic carbocycles. The summed E-state index contributed by atoms with van der Waals surface area (Å²) in [6.07, 6.45) is 13.2. The van der Waals surface area contributed by atoms with Crippen LogP contribution in [0.1, 0.15) is 57.1 Å². The minimum absolute atomic E-state index is 0.0177. The molecule has 6 heteroatoms. The van der Waals surface area contributed by atoms with E-state index in [-0.39, 0.29) is 23.8 Å². The molecule has 0 unspecified atom stereocenters. The number of hydrogen-bond acceptors (Lipinski definition) is 3. The first-order valence-electron chi connectivity index (χ1n) is 11.2. The fourth-order valence-electron chi connectivity index (χ4n) is 7.01. The Bertz CT molecular complexity index is 804. The van der Waals surface area contributed by atoms with Gasteiger partial charge in [0.25, 0.3) is 0 Å². The zero-order valence-electron chi connectivity index (χ0n) is 17.4. The summed E-state index contributed by atoms with van der Waals surface area (Å²) in [5, 5.41) is 7.16. The molecule has 29 heavy (non-hydrogen) atoms. The van der Waals surface area contributed by atoms with Crippen molar-refractivity contribution in [2.45, 2.75) is 51.4 Å². The molecule has 1 aromatic rings. The summed E-state index contributed by atoms with van der Waals surface area (Å²) in [7, 11) is 1.94. The Morgan fingerprint density at radius 1 is 1.17 bits per heavy atom. The highest BCUT2D eigenvalue weighted by Gasteiger charge is 2.51. The van der Waals surface area contributed by atoms with E-state index < -0.39 is 0 Å². The van der Waals surface area contributed by atoms with Crippen LogP contribution in [0, 0.1) is 23.2 Å². The fraction of sp³-hybridized carbons (Fsp3) is 0.696. The molecule has 4 saturated carbocycles. The Morgan fingerprint density at radius 2 is 1.86 bits per heavy atom. The van der Waals surface area contributed by atoms with Crippen LogP contribution in [0.3, 0.4) is 0 Å². The van der Waals surface area contributed by atoms with Crippen LogP contribution in [0.25, 0.3) is 5.57 Å². The molecule has 6 nitrogen and oxygen atoms in total. The Morgan fingerprint density at radius 3 is 2.41 bits per heavy atom. The third kappa shape index (κ3) is 3.74. The quantitative estimate of drug-likeness (QED) is 0.832. The number of nitrogens with one attached hydrogen (secondary N) is 1. The number of rotatable bonds is 5. The minimum Gasteiger partial charge on any atom is -0.347 e. The highest BCUT2D eigenvalue weighted by molar-refractivity contribution is 5.85. The van der Waals surface area contributed by atoms with Gasteiger partial charge < -0.3 is 10.2 Å². The number of nitrogens with zero attached hydrogens (tertiary/aromatic N) is 3. The van der Waals surface area contributed by atoms with Gasteiger partial charge in [0, 0.05) is 32.8 Å². The van der Waals surface area contributed by atoms with Crippen molar-refractivity contribution < 1.29 is 9.59 Å². The molecule has 6 rings (SSSR count). The number of carbonyl (C=O) groups excluding carboxylic acids is 2. The zero-order valence-corrected chi connectivity index (χ0v) is 17.4. The Hall–Kier alpha value is -2.11. The molecule has 1 N–H and O–H groups in total. The molecule has 0 spiro atoms. The summed E-state index contributed by atoms with van der Waals surface area (Å²) < 4.78 is 1.87. The highest BCUT2D eigenvalue weighted by Crippen LogP contribution is 2.61. The maximum absolute atomic E-state index is 12.7. The van der Waals surface area contributed by atoms with E-state index in [4.69, 9.17) is 0 Å². The lowest BCUT2D eigenvalue weighted by Gasteiger charge is -2.56. The molecule has 4 fully saturated rings. The zero-order chi connectivity index (χ0) is 20.0. The molecule has 1 aliphatic heterocycles. The maximum Gasteiger partial charge on any atom is 0.242 e. The van der Waals surface area contributed by atoms with Crippen LogP contribution >= 0.6 is 0 Å². The lowest BCUT2D eigenvalue weighted by Crippen LogP contribution is -2.49. The molecule has 4 bridgehead atoms. The molecule has 2 amide bonds. The first-order valence-corrected chi connectivity index (χ1v) is 11.2. The van der Waals surface area contributed by atoms with E-state index >= 15 is 0 Å². The van der Waals surface area contributed by atoms with E-state index in [0.29, 0.717) is 19.5 Å². The van der Waals surface area contributed by atoms with Crippen LogP contribution in [0.5, 0.6) is 0 Å².